The average molecular weight is 212 g/mol. The van der Waals surface area contributed by atoms with Crippen molar-refractivity contribution in [1.29, 1.82) is 0 Å². The summed E-state index contributed by atoms with van der Waals surface area (Å²) in [5.41, 5.74) is 5.57. The third kappa shape index (κ3) is 2.49. The van der Waals surface area contributed by atoms with Crippen LogP contribution in [-0.4, -0.2) is 29.2 Å². The molecule has 2 aliphatic carbocycles. The van der Waals surface area contributed by atoms with Crippen molar-refractivity contribution in [2.75, 3.05) is 6.61 Å². The lowest BCUT2D eigenvalue weighted by molar-refractivity contribution is -0.127. The molecule has 2 atom stereocenters. The van der Waals surface area contributed by atoms with Gasteiger partial charge in [-0.15, -0.1) is 0 Å². The number of hydrogen-bond donors (Lipinski definition) is 3. The minimum Gasteiger partial charge on any atom is -0.394 e. The summed E-state index contributed by atoms with van der Waals surface area (Å²) in [6.07, 6.45) is 5.65. The number of aliphatic hydroxyl groups excluding tert-OH is 1. The summed E-state index contributed by atoms with van der Waals surface area (Å²) in [6.45, 7) is 0.0670. The molecule has 0 saturated heterocycles. The Hall–Kier alpha value is -0.610. The number of hydrogen-bond acceptors (Lipinski definition) is 3. The zero-order valence-corrected chi connectivity index (χ0v) is 9.04. The van der Waals surface area contributed by atoms with E-state index in [-0.39, 0.29) is 30.0 Å². The highest BCUT2D eigenvalue weighted by Crippen LogP contribution is 2.35. The molecular formula is C11H20N2O2. The average Bonchev–Trinajstić information content (AvgIpc) is 2.98. The first kappa shape index (κ1) is 10.9. The number of rotatable bonds is 3. The molecule has 0 spiro atoms. The molecule has 4 nitrogen and oxygen atoms in total. The summed E-state index contributed by atoms with van der Waals surface area (Å²) in [5.74, 6) is 0.162. The topological polar surface area (TPSA) is 75.4 Å². The molecule has 0 bridgehead atoms. The van der Waals surface area contributed by atoms with Crippen LogP contribution in [0.4, 0.5) is 0 Å². The number of carbonyl (C=O) groups excluding carboxylic acids is 1. The van der Waals surface area contributed by atoms with Gasteiger partial charge in [-0.25, -0.2) is 0 Å². The van der Waals surface area contributed by atoms with Crippen LogP contribution in [0.25, 0.3) is 0 Å². The molecule has 4 N–H and O–H groups in total. The lowest BCUT2D eigenvalue weighted by atomic mass is 9.85. The molecule has 0 heterocycles. The van der Waals surface area contributed by atoms with Crippen LogP contribution in [-0.2, 0) is 4.79 Å². The van der Waals surface area contributed by atoms with Gasteiger partial charge < -0.3 is 16.2 Å². The Morgan fingerprint density at radius 3 is 2.73 bits per heavy atom. The van der Waals surface area contributed by atoms with E-state index in [1.54, 1.807) is 0 Å². The van der Waals surface area contributed by atoms with Gasteiger partial charge in [0.15, 0.2) is 0 Å². The Bertz CT molecular complexity index is 251. The predicted octanol–water partition coefficient (Wildman–Crippen LogP) is 0.145. The van der Waals surface area contributed by atoms with Gasteiger partial charge in [0, 0.05) is 12.0 Å². The quantitative estimate of drug-likeness (QED) is 0.623. The van der Waals surface area contributed by atoms with Gasteiger partial charge in [-0.05, 0) is 32.1 Å². The maximum Gasteiger partial charge on any atom is 0.223 e. The van der Waals surface area contributed by atoms with Crippen LogP contribution in [0, 0.1) is 5.92 Å². The molecule has 86 valence electrons. The number of aliphatic hydroxyl groups is 1. The number of carbonyl (C=O) groups is 1. The molecule has 0 aromatic rings. The molecule has 2 rings (SSSR count). The van der Waals surface area contributed by atoms with Crippen molar-refractivity contribution in [3.63, 3.8) is 0 Å². The van der Waals surface area contributed by atoms with Gasteiger partial charge in [0.1, 0.15) is 0 Å². The van der Waals surface area contributed by atoms with Gasteiger partial charge in [-0.3, -0.25) is 4.79 Å². The molecule has 0 aromatic heterocycles. The summed E-state index contributed by atoms with van der Waals surface area (Å²) in [7, 11) is 0. The normalized spacial score (nSPS) is 33.5. The summed E-state index contributed by atoms with van der Waals surface area (Å²) in [5, 5.41) is 12.1. The van der Waals surface area contributed by atoms with Crippen molar-refractivity contribution in [3.8, 4) is 0 Å². The highest BCUT2D eigenvalue weighted by atomic mass is 16.3. The zero-order chi connectivity index (χ0) is 10.9. The third-order valence-corrected chi connectivity index (χ3v) is 3.63. The van der Waals surface area contributed by atoms with Crippen molar-refractivity contribution >= 4 is 5.91 Å². The summed E-state index contributed by atoms with van der Waals surface area (Å²) >= 11 is 0. The van der Waals surface area contributed by atoms with Gasteiger partial charge in [-0.2, -0.15) is 0 Å². The SMILES string of the molecule is NC1CCCC(C(=O)NC2(CO)CC2)C1. The van der Waals surface area contributed by atoms with Crippen LogP contribution in [0.2, 0.25) is 0 Å². The van der Waals surface area contributed by atoms with E-state index in [2.05, 4.69) is 5.32 Å². The molecule has 15 heavy (non-hydrogen) atoms. The summed E-state index contributed by atoms with van der Waals surface area (Å²) < 4.78 is 0. The van der Waals surface area contributed by atoms with Crippen molar-refractivity contribution in [2.24, 2.45) is 11.7 Å². The van der Waals surface area contributed by atoms with Crippen LogP contribution < -0.4 is 11.1 Å². The molecule has 4 heteroatoms. The fraction of sp³-hybridized carbons (Fsp3) is 0.909. The van der Waals surface area contributed by atoms with Crippen LogP contribution in [0.3, 0.4) is 0 Å². The smallest absolute Gasteiger partial charge is 0.223 e. The molecule has 0 aliphatic heterocycles. The van der Waals surface area contributed by atoms with E-state index in [1.807, 2.05) is 0 Å². The van der Waals surface area contributed by atoms with E-state index in [0.717, 1.165) is 38.5 Å². The van der Waals surface area contributed by atoms with Crippen molar-refractivity contribution in [2.45, 2.75) is 50.1 Å². The van der Waals surface area contributed by atoms with Crippen LogP contribution in [0.5, 0.6) is 0 Å². The lowest BCUT2D eigenvalue weighted by Gasteiger charge is -2.27. The Morgan fingerprint density at radius 2 is 2.20 bits per heavy atom. The first-order valence-electron chi connectivity index (χ1n) is 5.84. The van der Waals surface area contributed by atoms with Gasteiger partial charge in [0.25, 0.3) is 0 Å². The molecule has 2 saturated carbocycles. The minimum atomic E-state index is -0.279. The maximum absolute atomic E-state index is 11.9. The Balaban J connectivity index is 1.85. The van der Waals surface area contributed by atoms with Gasteiger partial charge in [0.2, 0.25) is 5.91 Å². The molecule has 2 fully saturated rings. The Morgan fingerprint density at radius 1 is 1.47 bits per heavy atom. The van der Waals surface area contributed by atoms with Crippen LogP contribution >= 0.6 is 0 Å². The van der Waals surface area contributed by atoms with E-state index in [1.165, 1.54) is 0 Å². The second-order valence-corrected chi connectivity index (χ2v) is 5.05. The van der Waals surface area contributed by atoms with E-state index < -0.39 is 0 Å². The highest BCUT2D eigenvalue weighted by molar-refractivity contribution is 5.80. The second-order valence-electron chi connectivity index (χ2n) is 5.05. The van der Waals surface area contributed by atoms with Crippen molar-refractivity contribution in [3.05, 3.63) is 0 Å². The molecule has 0 radical (unpaired) electrons. The van der Waals surface area contributed by atoms with Crippen LogP contribution in [0.15, 0.2) is 0 Å². The fourth-order valence-electron chi connectivity index (χ4n) is 2.30. The maximum atomic E-state index is 11.9. The van der Waals surface area contributed by atoms with Gasteiger partial charge >= 0.3 is 0 Å². The minimum absolute atomic E-state index is 0.0670. The van der Waals surface area contributed by atoms with E-state index in [0.29, 0.717) is 0 Å². The summed E-state index contributed by atoms with van der Waals surface area (Å²) in [4.78, 5) is 11.9. The first-order chi connectivity index (χ1) is 7.15. The van der Waals surface area contributed by atoms with E-state index in [9.17, 15) is 4.79 Å². The number of nitrogens with two attached hydrogens (primary N) is 1. The zero-order valence-electron chi connectivity index (χ0n) is 9.04. The monoisotopic (exact) mass is 212 g/mol. The van der Waals surface area contributed by atoms with Gasteiger partial charge in [0.05, 0.1) is 12.1 Å². The van der Waals surface area contributed by atoms with Crippen LogP contribution in [0.1, 0.15) is 38.5 Å². The highest BCUT2D eigenvalue weighted by Gasteiger charge is 2.44. The molecule has 0 aromatic carbocycles. The van der Waals surface area contributed by atoms with Crippen molar-refractivity contribution < 1.29 is 9.90 Å². The number of nitrogens with one attached hydrogen (secondary N) is 1. The lowest BCUT2D eigenvalue weighted by Crippen LogP contribution is -2.45. The largest absolute Gasteiger partial charge is 0.394 e. The Kier molecular flexibility index (Phi) is 2.98. The molecule has 2 aliphatic rings. The molecule has 1 amide bonds. The standard InChI is InChI=1S/C11H20N2O2/c12-9-3-1-2-8(6-9)10(15)13-11(7-14)4-5-11/h8-9,14H,1-7,12H2,(H,13,15). The van der Waals surface area contributed by atoms with E-state index >= 15 is 0 Å². The Labute approximate surface area is 90.2 Å². The first-order valence-corrected chi connectivity index (χ1v) is 5.84. The summed E-state index contributed by atoms with van der Waals surface area (Å²) in [6, 6.07) is 0.179. The van der Waals surface area contributed by atoms with Gasteiger partial charge in [-0.1, -0.05) is 6.42 Å². The number of amides is 1. The molecule has 2 unspecified atom stereocenters. The van der Waals surface area contributed by atoms with Crippen molar-refractivity contribution in [1.82, 2.24) is 5.32 Å². The molecular weight excluding hydrogens is 192 g/mol. The second kappa shape index (κ2) is 4.10. The van der Waals surface area contributed by atoms with E-state index in [4.69, 9.17) is 10.8 Å². The predicted molar refractivity (Wildman–Crippen MR) is 57.1 cm³/mol. The fourth-order valence-corrected chi connectivity index (χ4v) is 2.30. The third-order valence-electron chi connectivity index (χ3n) is 3.63.